The summed E-state index contributed by atoms with van der Waals surface area (Å²) in [4.78, 5) is 18.9. The van der Waals surface area contributed by atoms with Crippen molar-refractivity contribution < 1.29 is 18.0 Å². The summed E-state index contributed by atoms with van der Waals surface area (Å²) in [6.07, 6.45) is -4.00. The maximum Gasteiger partial charge on any atom is 0.433 e. The van der Waals surface area contributed by atoms with Crippen LogP contribution < -0.4 is 5.32 Å². The topological polar surface area (TPSA) is 62.5 Å². The van der Waals surface area contributed by atoms with Crippen molar-refractivity contribution in [3.05, 3.63) is 51.8 Å². The molecule has 0 aliphatic carbocycles. The molecule has 0 saturated carbocycles. The first-order valence-corrected chi connectivity index (χ1v) is 10.8. The van der Waals surface area contributed by atoms with Gasteiger partial charge in [-0.1, -0.05) is 43.1 Å². The minimum absolute atomic E-state index is 0.0365. The number of carbonyl (C=O) groups excluding carboxylic acids is 1. The van der Waals surface area contributed by atoms with E-state index in [9.17, 15) is 18.0 Å². The molecule has 2 aromatic heterocycles. The average molecular weight is 488 g/mol. The molecule has 1 amide bonds. The van der Waals surface area contributed by atoms with Crippen molar-refractivity contribution in [1.82, 2.24) is 24.8 Å². The molecule has 2 heterocycles. The van der Waals surface area contributed by atoms with Gasteiger partial charge in [0.05, 0.1) is 15.7 Å². The maximum atomic E-state index is 13.7. The third kappa shape index (κ3) is 5.51. The molecule has 0 fully saturated rings. The molecular weight excluding hydrogens is 466 g/mol. The fourth-order valence-corrected chi connectivity index (χ4v) is 3.52. The molecule has 0 aliphatic heterocycles. The zero-order chi connectivity index (χ0) is 23.5. The summed E-state index contributed by atoms with van der Waals surface area (Å²) in [5.74, 6) is -0.556. The second-order valence-corrected chi connectivity index (χ2v) is 7.90. The highest BCUT2D eigenvalue weighted by Crippen LogP contribution is 2.34. The van der Waals surface area contributed by atoms with Crippen molar-refractivity contribution in [2.75, 3.05) is 26.2 Å². The van der Waals surface area contributed by atoms with Crippen LogP contribution in [0, 0.1) is 0 Å². The molecule has 0 bridgehead atoms. The first-order valence-electron chi connectivity index (χ1n) is 10.1. The minimum Gasteiger partial charge on any atom is -0.351 e. The van der Waals surface area contributed by atoms with E-state index in [1.165, 1.54) is 24.3 Å². The molecule has 172 valence electrons. The average Bonchev–Trinajstić information content (AvgIpc) is 3.18. The van der Waals surface area contributed by atoms with Crippen LogP contribution in [0.5, 0.6) is 0 Å². The molecule has 3 aromatic rings. The molecule has 6 nitrogen and oxygen atoms in total. The fourth-order valence-electron chi connectivity index (χ4n) is 3.23. The summed E-state index contributed by atoms with van der Waals surface area (Å²) < 4.78 is 41.8. The number of aromatic nitrogens is 3. The van der Waals surface area contributed by atoms with E-state index in [0.717, 1.165) is 25.7 Å². The Morgan fingerprint density at radius 3 is 2.47 bits per heavy atom. The number of nitrogens with one attached hydrogen (secondary N) is 1. The van der Waals surface area contributed by atoms with Gasteiger partial charge in [0.1, 0.15) is 0 Å². The maximum absolute atomic E-state index is 13.7. The SMILES string of the molecule is CCN(CC)CCCNC(=O)c1cc2nc(-c3ccc(Cl)c(Cl)c3)cc(C(F)(F)F)n2n1. The lowest BCUT2D eigenvalue weighted by Gasteiger charge is -2.17. The molecule has 0 radical (unpaired) electrons. The van der Waals surface area contributed by atoms with Crippen molar-refractivity contribution in [1.29, 1.82) is 0 Å². The van der Waals surface area contributed by atoms with E-state index in [2.05, 4.69) is 34.1 Å². The Kier molecular flexibility index (Phi) is 7.63. The molecule has 1 N–H and O–H groups in total. The predicted octanol–water partition coefficient (Wildman–Crippen LogP) is 5.18. The highest BCUT2D eigenvalue weighted by Gasteiger charge is 2.35. The van der Waals surface area contributed by atoms with Gasteiger partial charge < -0.3 is 10.2 Å². The van der Waals surface area contributed by atoms with E-state index in [0.29, 0.717) is 23.0 Å². The molecule has 0 unspecified atom stereocenters. The van der Waals surface area contributed by atoms with Gasteiger partial charge in [0, 0.05) is 18.2 Å². The quantitative estimate of drug-likeness (QED) is 0.444. The minimum atomic E-state index is -4.71. The molecule has 11 heteroatoms. The highest BCUT2D eigenvalue weighted by atomic mass is 35.5. The van der Waals surface area contributed by atoms with Gasteiger partial charge in [-0.2, -0.15) is 18.3 Å². The van der Waals surface area contributed by atoms with Crippen LogP contribution in [0.3, 0.4) is 0 Å². The number of carbonyl (C=O) groups is 1. The van der Waals surface area contributed by atoms with Crippen LogP contribution in [-0.4, -0.2) is 51.6 Å². The summed E-state index contributed by atoms with van der Waals surface area (Å²) in [5.41, 5.74) is -0.902. The Hall–Kier alpha value is -2.36. The van der Waals surface area contributed by atoms with Gasteiger partial charge in [-0.3, -0.25) is 4.79 Å². The van der Waals surface area contributed by atoms with E-state index in [1.807, 2.05) is 0 Å². The second kappa shape index (κ2) is 10.1. The van der Waals surface area contributed by atoms with E-state index >= 15 is 0 Å². The summed E-state index contributed by atoms with van der Waals surface area (Å²) in [7, 11) is 0. The van der Waals surface area contributed by atoms with Gasteiger partial charge in [-0.05, 0) is 44.3 Å². The third-order valence-electron chi connectivity index (χ3n) is 5.00. The number of nitrogens with zero attached hydrogens (tertiary/aromatic N) is 4. The number of hydrogen-bond donors (Lipinski definition) is 1. The van der Waals surface area contributed by atoms with E-state index in [1.54, 1.807) is 0 Å². The van der Waals surface area contributed by atoms with Crippen molar-refractivity contribution >= 4 is 34.8 Å². The van der Waals surface area contributed by atoms with Gasteiger partial charge >= 0.3 is 6.18 Å². The lowest BCUT2D eigenvalue weighted by Crippen LogP contribution is -2.30. The van der Waals surface area contributed by atoms with Crippen LogP contribution in [-0.2, 0) is 6.18 Å². The van der Waals surface area contributed by atoms with Gasteiger partial charge in [0.25, 0.3) is 5.91 Å². The predicted molar refractivity (Wildman–Crippen MR) is 118 cm³/mol. The van der Waals surface area contributed by atoms with Crippen molar-refractivity contribution in [2.45, 2.75) is 26.4 Å². The van der Waals surface area contributed by atoms with Crippen LogP contribution in [0.2, 0.25) is 10.0 Å². The number of fused-ring (bicyclic) bond motifs is 1. The summed E-state index contributed by atoms with van der Waals surface area (Å²) in [6.45, 7) is 7.11. The van der Waals surface area contributed by atoms with Gasteiger partial charge in [-0.15, -0.1) is 0 Å². The van der Waals surface area contributed by atoms with Crippen LogP contribution in [0.4, 0.5) is 13.2 Å². The number of rotatable bonds is 8. The van der Waals surface area contributed by atoms with Gasteiger partial charge in [0.2, 0.25) is 0 Å². The Labute approximate surface area is 193 Å². The largest absolute Gasteiger partial charge is 0.433 e. The third-order valence-corrected chi connectivity index (χ3v) is 5.74. The molecule has 0 atom stereocenters. The molecule has 1 aromatic carbocycles. The van der Waals surface area contributed by atoms with Crippen molar-refractivity contribution in [2.24, 2.45) is 0 Å². The first kappa shape index (κ1) is 24.3. The summed E-state index contributed by atoms with van der Waals surface area (Å²) in [5, 5.41) is 7.02. The first-order chi connectivity index (χ1) is 15.1. The Bertz CT molecular complexity index is 1110. The zero-order valence-electron chi connectivity index (χ0n) is 17.5. The van der Waals surface area contributed by atoms with E-state index in [-0.39, 0.29) is 27.1 Å². The van der Waals surface area contributed by atoms with E-state index < -0.39 is 17.8 Å². The van der Waals surface area contributed by atoms with Crippen LogP contribution in [0.25, 0.3) is 16.9 Å². The van der Waals surface area contributed by atoms with Crippen molar-refractivity contribution in [3.63, 3.8) is 0 Å². The zero-order valence-corrected chi connectivity index (χ0v) is 19.0. The Balaban J connectivity index is 1.89. The standard InChI is InChI=1S/C21H22Cl2F3N5O/c1-3-30(4-2)9-5-8-27-20(32)17-12-19-28-16(13-6-7-14(22)15(23)10-13)11-18(21(24,25)26)31(19)29-17/h6-7,10-12H,3-5,8-9H2,1-2H3,(H,27,32). The van der Waals surface area contributed by atoms with Crippen LogP contribution in [0.15, 0.2) is 30.3 Å². The summed E-state index contributed by atoms with van der Waals surface area (Å²) >= 11 is 11.9. The number of halogens is 5. The fraction of sp³-hybridized carbons (Fsp3) is 0.381. The number of benzene rings is 1. The molecule has 0 aliphatic rings. The summed E-state index contributed by atoms with van der Waals surface area (Å²) in [6, 6.07) is 6.53. The highest BCUT2D eigenvalue weighted by molar-refractivity contribution is 6.42. The molecular formula is C21H22Cl2F3N5O. The number of hydrogen-bond acceptors (Lipinski definition) is 4. The molecule has 32 heavy (non-hydrogen) atoms. The van der Waals surface area contributed by atoms with Crippen LogP contribution >= 0.6 is 23.2 Å². The second-order valence-electron chi connectivity index (χ2n) is 7.09. The number of amides is 1. The normalized spacial score (nSPS) is 12.0. The molecule has 3 rings (SSSR count). The lowest BCUT2D eigenvalue weighted by molar-refractivity contribution is -0.142. The molecule has 0 spiro atoms. The van der Waals surface area contributed by atoms with E-state index in [4.69, 9.17) is 23.2 Å². The monoisotopic (exact) mass is 487 g/mol. The smallest absolute Gasteiger partial charge is 0.351 e. The lowest BCUT2D eigenvalue weighted by atomic mass is 10.1. The van der Waals surface area contributed by atoms with Gasteiger partial charge in [0.15, 0.2) is 17.0 Å². The Morgan fingerprint density at radius 1 is 1.12 bits per heavy atom. The van der Waals surface area contributed by atoms with Crippen LogP contribution in [0.1, 0.15) is 36.5 Å². The van der Waals surface area contributed by atoms with Crippen molar-refractivity contribution in [3.8, 4) is 11.3 Å². The molecule has 0 saturated heterocycles. The van der Waals surface area contributed by atoms with Gasteiger partial charge in [-0.25, -0.2) is 9.50 Å². The Morgan fingerprint density at radius 2 is 1.84 bits per heavy atom. The number of alkyl halides is 3.